The fourth-order valence-electron chi connectivity index (χ4n) is 1.98. The highest BCUT2D eigenvalue weighted by Gasteiger charge is 2.03. The normalized spacial score (nSPS) is 10.2. The summed E-state index contributed by atoms with van der Waals surface area (Å²) in [6, 6.07) is 12.1. The van der Waals surface area contributed by atoms with Gasteiger partial charge in [-0.3, -0.25) is 9.59 Å². The molecule has 2 rings (SSSR count). The first-order valence-corrected chi connectivity index (χ1v) is 7.21. The van der Waals surface area contributed by atoms with Crippen molar-refractivity contribution in [3.8, 4) is 12.3 Å². The smallest absolute Gasteiger partial charge is 0.248 e. The van der Waals surface area contributed by atoms with Gasteiger partial charge in [0.15, 0.2) is 0 Å². The number of hydrogen-bond acceptors (Lipinski definition) is 3. The van der Waals surface area contributed by atoms with Gasteiger partial charge in [-0.25, -0.2) is 0 Å². The van der Waals surface area contributed by atoms with E-state index in [-0.39, 0.29) is 11.8 Å². The molecule has 0 aliphatic heterocycles. The summed E-state index contributed by atoms with van der Waals surface area (Å²) in [6.45, 7) is 1.44. The molecule has 0 saturated carbocycles. The predicted octanol–water partition coefficient (Wildman–Crippen LogP) is 2.86. The first kappa shape index (κ1) is 16.8. The zero-order chi connectivity index (χ0) is 17.5. The second-order valence-electron chi connectivity index (χ2n) is 5.07. The van der Waals surface area contributed by atoms with E-state index in [0.29, 0.717) is 22.6 Å². The van der Waals surface area contributed by atoms with Crippen LogP contribution < -0.4 is 16.4 Å². The van der Waals surface area contributed by atoms with Gasteiger partial charge in [0.25, 0.3) is 0 Å². The molecule has 2 aromatic rings. The zero-order valence-electron chi connectivity index (χ0n) is 13.2. The van der Waals surface area contributed by atoms with Crippen LogP contribution >= 0.6 is 0 Å². The molecule has 0 aliphatic rings. The maximum atomic E-state index is 12.0. The molecule has 24 heavy (non-hydrogen) atoms. The Hall–Kier alpha value is -3.52. The summed E-state index contributed by atoms with van der Waals surface area (Å²) in [7, 11) is 0. The van der Waals surface area contributed by atoms with Gasteiger partial charge in [-0.05, 0) is 42.0 Å². The van der Waals surface area contributed by atoms with Crippen LogP contribution in [0.15, 0.2) is 48.5 Å². The van der Waals surface area contributed by atoms with Crippen LogP contribution in [0.2, 0.25) is 0 Å². The number of terminal acetylenes is 1. The standard InChI is InChI=1S/C19H17N3O2/c1-3-14-6-10-17(20)18(12-14)22-19(24)11-7-15-4-8-16(9-5-15)21-13(2)23/h1,4-12H,20H2,2H3,(H,21,23)(H,22,24). The lowest BCUT2D eigenvalue weighted by Crippen LogP contribution is -2.09. The molecular formula is C19H17N3O2. The molecule has 0 spiro atoms. The van der Waals surface area contributed by atoms with Gasteiger partial charge in [0, 0.05) is 24.3 Å². The molecule has 4 N–H and O–H groups in total. The van der Waals surface area contributed by atoms with E-state index in [1.165, 1.54) is 13.0 Å². The number of hydrogen-bond donors (Lipinski definition) is 3. The molecule has 5 heteroatoms. The summed E-state index contributed by atoms with van der Waals surface area (Å²) < 4.78 is 0. The van der Waals surface area contributed by atoms with Gasteiger partial charge in [0.05, 0.1) is 11.4 Å². The molecule has 0 radical (unpaired) electrons. The fourth-order valence-corrected chi connectivity index (χ4v) is 1.98. The zero-order valence-corrected chi connectivity index (χ0v) is 13.2. The molecule has 0 fully saturated rings. The largest absolute Gasteiger partial charge is 0.397 e. The first-order valence-electron chi connectivity index (χ1n) is 7.21. The van der Waals surface area contributed by atoms with Crippen molar-refractivity contribution in [2.75, 3.05) is 16.4 Å². The number of rotatable bonds is 4. The Bertz CT molecular complexity index is 831. The topological polar surface area (TPSA) is 84.2 Å². The van der Waals surface area contributed by atoms with E-state index in [0.717, 1.165) is 5.56 Å². The summed E-state index contributed by atoms with van der Waals surface area (Å²) in [5.41, 5.74) is 8.88. The Balaban J connectivity index is 2.03. The average Bonchev–Trinajstić information content (AvgIpc) is 2.56. The molecule has 120 valence electrons. The number of nitrogens with one attached hydrogen (secondary N) is 2. The third-order valence-corrected chi connectivity index (χ3v) is 3.14. The third-order valence-electron chi connectivity index (χ3n) is 3.14. The average molecular weight is 319 g/mol. The quantitative estimate of drug-likeness (QED) is 0.460. The van der Waals surface area contributed by atoms with Crippen LogP contribution in [0.25, 0.3) is 6.08 Å². The van der Waals surface area contributed by atoms with Crippen molar-refractivity contribution in [1.29, 1.82) is 0 Å². The summed E-state index contributed by atoms with van der Waals surface area (Å²) in [5.74, 6) is 2.04. The highest BCUT2D eigenvalue weighted by molar-refractivity contribution is 6.03. The van der Waals surface area contributed by atoms with E-state index in [4.69, 9.17) is 12.2 Å². The van der Waals surface area contributed by atoms with Crippen LogP contribution in [0.3, 0.4) is 0 Å². The van der Waals surface area contributed by atoms with Crippen molar-refractivity contribution >= 4 is 35.0 Å². The van der Waals surface area contributed by atoms with Gasteiger partial charge < -0.3 is 16.4 Å². The van der Waals surface area contributed by atoms with Gasteiger partial charge in [-0.1, -0.05) is 18.1 Å². The van der Waals surface area contributed by atoms with E-state index in [1.807, 2.05) is 0 Å². The van der Waals surface area contributed by atoms with E-state index >= 15 is 0 Å². The number of nitrogen functional groups attached to an aromatic ring is 1. The van der Waals surface area contributed by atoms with Gasteiger partial charge in [0.2, 0.25) is 11.8 Å². The Morgan fingerprint density at radius 2 is 1.83 bits per heavy atom. The van der Waals surface area contributed by atoms with Crippen molar-refractivity contribution in [3.63, 3.8) is 0 Å². The summed E-state index contributed by atoms with van der Waals surface area (Å²) in [5, 5.41) is 5.36. The maximum absolute atomic E-state index is 12.0. The number of nitrogens with two attached hydrogens (primary N) is 1. The first-order chi connectivity index (χ1) is 11.5. The Labute approximate surface area is 140 Å². The predicted molar refractivity (Wildman–Crippen MR) is 97.2 cm³/mol. The summed E-state index contributed by atoms with van der Waals surface area (Å²) in [4.78, 5) is 22.9. The Morgan fingerprint density at radius 3 is 2.46 bits per heavy atom. The Morgan fingerprint density at radius 1 is 1.12 bits per heavy atom. The van der Waals surface area contributed by atoms with Crippen molar-refractivity contribution in [2.24, 2.45) is 0 Å². The van der Waals surface area contributed by atoms with Crippen molar-refractivity contribution in [2.45, 2.75) is 6.92 Å². The van der Waals surface area contributed by atoms with Crippen LogP contribution in [-0.2, 0) is 9.59 Å². The Kier molecular flexibility index (Phi) is 5.37. The minimum absolute atomic E-state index is 0.135. The summed E-state index contributed by atoms with van der Waals surface area (Å²) in [6.07, 6.45) is 8.39. The molecule has 0 aliphatic carbocycles. The lowest BCUT2D eigenvalue weighted by molar-refractivity contribution is -0.114. The van der Waals surface area contributed by atoms with E-state index < -0.39 is 0 Å². The maximum Gasteiger partial charge on any atom is 0.248 e. The lowest BCUT2D eigenvalue weighted by atomic mass is 10.1. The second kappa shape index (κ2) is 7.65. The molecule has 0 aromatic heterocycles. The molecule has 0 heterocycles. The number of anilines is 3. The monoisotopic (exact) mass is 319 g/mol. The van der Waals surface area contributed by atoms with Crippen molar-refractivity contribution in [1.82, 2.24) is 0 Å². The van der Waals surface area contributed by atoms with Crippen molar-refractivity contribution < 1.29 is 9.59 Å². The highest BCUT2D eigenvalue weighted by atomic mass is 16.2. The number of amides is 2. The van der Waals surface area contributed by atoms with Gasteiger partial charge in [0.1, 0.15) is 0 Å². The van der Waals surface area contributed by atoms with Crippen LogP contribution in [0.4, 0.5) is 17.1 Å². The molecule has 0 saturated heterocycles. The minimum atomic E-state index is -0.318. The number of benzene rings is 2. The lowest BCUT2D eigenvalue weighted by Gasteiger charge is -2.06. The van der Waals surface area contributed by atoms with Gasteiger partial charge in [-0.15, -0.1) is 6.42 Å². The third kappa shape index (κ3) is 4.75. The van der Waals surface area contributed by atoms with Gasteiger partial charge in [-0.2, -0.15) is 0 Å². The molecule has 2 aromatic carbocycles. The molecule has 0 bridgehead atoms. The minimum Gasteiger partial charge on any atom is -0.397 e. The van der Waals surface area contributed by atoms with E-state index in [9.17, 15) is 9.59 Å². The highest BCUT2D eigenvalue weighted by Crippen LogP contribution is 2.19. The number of carbonyl (C=O) groups is 2. The van der Waals surface area contributed by atoms with Gasteiger partial charge >= 0.3 is 0 Å². The molecule has 0 unspecified atom stereocenters. The van der Waals surface area contributed by atoms with E-state index in [2.05, 4.69) is 16.6 Å². The molecular weight excluding hydrogens is 302 g/mol. The fraction of sp³-hybridized carbons (Fsp3) is 0.0526. The van der Waals surface area contributed by atoms with Crippen LogP contribution in [0.5, 0.6) is 0 Å². The SMILES string of the molecule is C#Cc1ccc(N)c(NC(=O)C=Cc2ccc(NC(C)=O)cc2)c1. The van der Waals surface area contributed by atoms with Crippen LogP contribution in [0.1, 0.15) is 18.1 Å². The molecule has 5 nitrogen and oxygen atoms in total. The van der Waals surface area contributed by atoms with Crippen LogP contribution in [0, 0.1) is 12.3 Å². The summed E-state index contributed by atoms with van der Waals surface area (Å²) >= 11 is 0. The van der Waals surface area contributed by atoms with E-state index in [1.54, 1.807) is 48.5 Å². The molecule has 2 amide bonds. The second-order valence-corrected chi connectivity index (χ2v) is 5.07. The molecule has 0 atom stereocenters. The van der Waals surface area contributed by atoms with Crippen LogP contribution in [-0.4, -0.2) is 11.8 Å². The number of carbonyl (C=O) groups excluding carboxylic acids is 2. The van der Waals surface area contributed by atoms with Crippen molar-refractivity contribution in [3.05, 3.63) is 59.7 Å².